The van der Waals surface area contributed by atoms with Crippen molar-refractivity contribution < 1.29 is 0 Å². The maximum Gasteiger partial charge on any atom is 0.140 e. The fourth-order valence-corrected chi connectivity index (χ4v) is 2.04. The van der Waals surface area contributed by atoms with Gasteiger partial charge in [-0.15, -0.1) is 0 Å². The van der Waals surface area contributed by atoms with Gasteiger partial charge in [0.1, 0.15) is 5.82 Å². The van der Waals surface area contributed by atoms with Crippen molar-refractivity contribution in [3.05, 3.63) is 48.3 Å². The number of allylic oxidation sites excluding steroid dienone is 4. The molecular formula is C15H18N2. The molecule has 2 nitrogen and oxygen atoms in total. The number of fused-ring (bicyclic) bond motifs is 1. The molecule has 0 spiro atoms. The number of rotatable bonds is 3. The molecule has 0 fully saturated rings. The second kappa shape index (κ2) is 5.00. The van der Waals surface area contributed by atoms with Gasteiger partial charge in [0.25, 0.3) is 0 Å². The summed E-state index contributed by atoms with van der Waals surface area (Å²) in [6.45, 7) is 4.18. The third kappa shape index (κ3) is 2.16. The van der Waals surface area contributed by atoms with Crippen LogP contribution in [0.15, 0.2) is 42.5 Å². The lowest BCUT2D eigenvalue weighted by Crippen LogP contribution is -1.95. The van der Waals surface area contributed by atoms with Gasteiger partial charge in [-0.2, -0.15) is 0 Å². The normalized spacial score (nSPS) is 12.8. The first-order chi connectivity index (χ1) is 8.27. The lowest BCUT2D eigenvalue weighted by atomic mass is 10.2. The largest absolute Gasteiger partial charge is 0.327 e. The molecule has 0 radical (unpaired) electrons. The smallest absolute Gasteiger partial charge is 0.140 e. The molecule has 0 aliphatic rings. The van der Waals surface area contributed by atoms with Gasteiger partial charge >= 0.3 is 0 Å². The fourth-order valence-electron chi connectivity index (χ4n) is 2.04. The Hall–Kier alpha value is -1.83. The van der Waals surface area contributed by atoms with E-state index in [1.165, 1.54) is 11.1 Å². The van der Waals surface area contributed by atoms with Gasteiger partial charge in [-0.25, -0.2) is 4.98 Å². The molecule has 0 amide bonds. The van der Waals surface area contributed by atoms with E-state index in [-0.39, 0.29) is 0 Å². The van der Waals surface area contributed by atoms with Gasteiger partial charge in [-0.3, -0.25) is 0 Å². The van der Waals surface area contributed by atoms with Crippen LogP contribution in [-0.4, -0.2) is 9.55 Å². The molecule has 88 valence electrons. The summed E-state index contributed by atoms with van der Waals surface area (Å²) in [6.07, 6.45) is 7.40. The Morgan fingerprint density at radius 2 is 2.12 bits per heavy atom. The molecule has 0 saturated carbocycles. The van der Waals surface area contributed by atoms with Crippen LogP contribution >= 0.6 is 0 Å². The van der Waals surface area contributed by atoms with Crippen molar-refractivity contribution in [2.75, 3.05) is 0 Å². The monoisotopic (exact) mass is 226 g/mol. The summed E-state index contributed by atoms with van der Waals surface area (Å²) in [5.41, 5.74) is 3.42. The van der Waals surface area contributed by atoms with Crippen molar-refractivity contribution in [1.82, 2.24) is 9.55 Å². The number of hydrogen-bond acceptors (Lipinski definition) is 1. The minimum absolute atomic E-state index is 1.02. The first-order valence-corrected chi connectivity index (χ1v) is 6.02. The Kier molecular flexibility index (Phi) is 3.43. The molecule has 17 heavy (non-hydrogen) atoms. The first-order valence-electron chi connectivity index (χ1n) is 6.02. The molecule has 2 aromatic rings. The van der Waals surface area contributed by atoms with Crippen LogP contribution < -0.4 is 0 Å². The molecule has 0 atom stereocenters. The predicted octanol–water partition coefficient (Wildman–Crippen LogP) is 3.94. The van der Waals surface area contributed by atoms with E-state index in [1.807, 2.05) is 19.1 Å². The van der Waals surface area contributed by atoms with Crippen LogP contribution in [0.1, 0.15) is 26.1 Å². The highest BCUT2D eigenvalue weighted by Gasteiger charge is 2.08. The van der Waals surface area contributed by atoms with Gasteiger partial charge in [-0.05, 0) is 25.5 Å². The molecule has 1 aromatic carbocycles. The van der Waals surface area contributed by atoms with E-state index < -0.39 is 0 Å². The number of para-hydroxylation sites is 2. The number of aromatic nitrogens is 2. The Morgan fingerprint density at radius 1 is 1.35 bits per heavy atom. The predicted molar refractivity (Wildman–Crippen MR) is 73.8 cm³/mol. The van der Waals surface area contributed by atoms with Gasteiger partial charge in [0.05, 0.1) is 11.0 Å². The molecule has 2 heteroatoms. The van der Waals surface area contributed by atoms with Crippen LogP contribution in [0.4, 0.5) is 0 Å². The lowest BCUT2D eigenvalue weighted by Gasteiger charge is -2.03. The summed E-state index contributed by atoms with van der Waals surface area (Å²) >= 11 is 0. The molecule has 1 aromatic heterocycles. The van der Waals surface area contributed by atoms with Crippen molar-refractivity contribution >= 4 is 16.6 Å². The van der Waals surface area contributed by atoms with Crippen molar-refractivity contribution in [3.63, 3.8) is 0 Å². The SMILES string of the molecule is C/C=C\C(=C/CC)c1nc2ccccc2n1C. The average molecular weight is 226 g/mol. The first kappa shape index (κ1) is 11.6. The molecule has 2 rings (SSSR count). The third-order valence-electron chi connectivity index (χ3n) is 2.82. The molecule has 0 saturated heterocycles. The Labute approximate surface area is 102 Å². The Bertz CT molecular complexity index is 574. The van der Waals surface area contributed by atoms with Gasteiger partial charge < -0.3 is 4.57 Å². The van der Waals surface area contributed by atoms with Crippen LogP contribution in [0, 0.1) is 0 Å². The van der Waals surface area contributed by atoms with Gasteiger partial charge in [0.2, 0.25) is 0 Å². The molecule has 0 bridgehead atoms. The lowest BCUT2D eigenvalue weighted by molar-refractivity contribution is 0.922. The molecular weight excluding hydrogens is 208 g/mol. The highest BCUT2D eigenvalue weighted by Crippen LogP contribution is 2.21. The molecule has 0 aliphatic carbocycles. The van der Waals surface area contributed by atoms with Crippen LogP contribution in [0.3, 0.4) is 0 Å². The number of benzene rings is 1. The van der Waals surface area contributed by atoms with Crippen LogP contribution in [-0.2, 0) is 7.05 Å². The molecule has 1 heterocycles. The van der Waals surface area contributed by atoms with Gasteiger partial charge in [0.15, 0.2) is 0 Å². The minimum Gasteiger partial charge on any atom is -0.327 e. The summed E-state index contributed by atoms with van der Waals surface area (Å²) in [7, 11) is 2.07. The van der Waals surface area contributed by atoms with E-state index in [1.54, 1.807) is 0 Å². The number of hydrogen-bond donors (Lipinski definition) is 0. The zero-order valence-corrected chi connectivity index (χ0v) is 10.6. The summed E-state index contributed by atoms with van der Waals surface area (Å²) in [6, 6.07) is 8.23. The van der Waals surface area contributed by atoms with E-state index in [2.05, 4.69) is 48.9 Å². The molecule has 0 unspecified atom stereocenters. The van der Waals surface area contributed by atoms with E-state index >= 15 is 0 Å². The van der Waals surface area contributed by atoms with E-state index in [0.29, 0.717) is 0 Å². The van der Waals surface area contributed by atoms with Crippen molar-refractivity contribution in [2.45, 2.75) is 20.3 Å². The zero-order chi connectivity index (χ0) is 12.3. The van der Waals surface area contributed by atoms with Crippen LogP contribution in [0.5, 0.6) is 0 Å². The Balaban J connectivity index is 2.61. The average Bonchev–Trinajstić information content (AvgIpc) is 2.67. The zero-order valence-electron chi connectivity index (χ0n) is 10.6. The van der Waals surface area contributed by atoms with Gasteiger partial charge in [0, 0.05) is 12.6 Å². The van der Waals surface area contributed by atoms with E-state index in [9.17, 15) is 0 Å². The van der Waals surface area contributed by atoms with Crippen LogP contribution in [0.25, 0.3) is 16.6 Å². The van der Waals surface area contributed by atoms with Crippen molar-refractivity contribution in [1.29, 1.82) is 0 Å². The summed E-state index contributed by atoms with van der Waals surface area (Å²) in [5, 5.41) is 0. The third-order valence-corrected chi connectivity index (χ3v) is 2.82. The van der Waals surface area contributed by atoms with Crippen LogP contribution in [0.2, 0.25) is 0 Å². The second-order valence-corrected chi connectivity index (χ2v) is 4.05. The topological polar surface area (TPSA) is 17.8 Å². The Morgan fingerprint density at radius 3 is 2.76 bits per heavy atom. The molecule has 0 N–H and O–H groups in total. The highest BCUT2D eigenvalue weighted by atomic mass is 15.1. The minimum atomic E-state index is 1.02. The number of nitrogens with zero attached hydrogens (tertiary/aromatic N) is 2. The van der Waals surface area contributed by atoms with E-state index in [4.69, 9.17) is 4.98 Å². The summed E-state index contributed by atoms with van der Waals surface area (Å²) < 4.78 is 2.15. The van der Waals surface area contributed by atoms with Crippen molar-refractivity contribution in [3.8, 4) is 0 Å². The number of imidazole rings is 1. The highest BCUT2D eigenvalue weighted by molar-refractivity contribution is 5.81. The quantitative estimate of drug-likeness (QED) is 0.725. The summed E-state index contributed by atoms with van der Waals surface area (Å²) in [5.74, 6) is 1.03. The van der Waals surface area contributed by atoms with Crippen molar-refractivity contribution in [2.24, 2.45) is 7.05 Å². The van der Waals surface area contributed by atoms with E-state index in [0.717, 1.165) is 17.8 Å². The second-order valence-electron chi connectivity index (χ2n) is 4.05. The maximum atomic E-state index is 4.69. The number of aryl methyl sites for hydroxylation is 1. The molecule has 0 aliphatic heterocycles. The fraction of sp³-hybridized carbons (Fsp3) is 0.267. The summed E-state index contributed by atoms with van der Waals surface area (Å²) in [4.78, 5) is 4.69. The van der Waals surface area contributed by atoms with Gasteiger partial charge in [-0.1, -0.05) is 37.3 Å². The maximum absolute atomic E-state index is 4.69. The standard InChI is InChI=1S/C15H18N2/c1-4-8-12(9-5-2)15-16-13-10-6-7-11-14(13)17(15)3/h4,6-11H,5H2,1-3H3/b8-4-,12-9+.